The first-order valence-electron chi connectivity index (χ1n) is 7.90. The van der Waals surface area contributed by atoms with Crippen molar-refractivity contribution in [2.75, 3.05) is 24.7 Å². The SMILES string of the molecule is COc1ccc(CCNc2nc(N)n3nc(-c4ccco4)nc3n2)cn1. The zero-order chi connectivity index (χ0) is 17.9. The largest absolute Gasteiger partial charge is 0.481 e. The Morgan fingerprint density at radius 3 is 2.88 bits per heavy atom. The molecular weight excluding hydrogens is 336 g/mol. The van der Waals surface area contributed by atoms with Crippen LogP contribution < -0.4 is 15.8 Å². The second-order valence-electron chi connectivity index (χ2n) is 5.42. The van der Waals surface area contributed by atoms with E-state index in [1.54, 1.807) is 31.7 Å². The molecule has 26 heavy (non-hydrogen) atoms. The molecule has 0 radical (unpaired) electrons. The van der Waals surface area contributed by atoms with E-state index in [0.29, 0.717) is 35.7 Å². The molecule has 0 bridgehead atoms. The molecule has 4 heterocycles. The third-order valence-electron chi connectivity index (χ3n) is 3.68. The van der Waals surface area contributed by atoms with Crippen LogP contribution >= 0.6 is 0 Å². The van der Waals surface area contributed by atoms with Gasteiger partial charge in [-0.15, -0.1) is 5.10 Å². The highest BCUT2D eigenvalue weighted by molar-refractivity contribution is 5.52. The Morgan fingerprint density at radius 1 is 1.23 bits per heavy atom. The average Bonchev–Trinajstić information content (AvgIpc) is 3.32. The van der Waals surface area contributed by atoms with Crippen LogP contribution in [-0.2, 0) is 6.42 Å². The van der Waals surface area contributed by atoms with E-state index in [-0.39, 0.29) is 5.95 Å². The number of nitrogens with one attached hydrogen (secondary N) is 1. The number of methoxy groups -OCH3 is 1. The highest BCUT2D eigenvalue weighted by Gasteiger charge is 2.13. The van der Waals surface area contributed by atoms with Crippen molar-refractivity contribution in [2.24, 2.45) is 0 Å². The minimum Gasteiger partial charge on any atom is -0.481 e. The van der Waals surface area contributed by atoms with E-state index < -0.39 is 0 Å². The second kappa shape index (κ2) is 6.67. The number of ether oxygens (including phenoxy) is 1. The van der Waals surface area contributed by atoms with Crippen LogP contribution in [0.4, 0.5) is 11.9 Å². The maximum absolute atomic E-state index is 5.95. The molecule has 0 saturated carbocycles. The quantitative estimate of drug-likeness (QED) is 0.529. The molecule has 0 amide bonds. The number of aromatic nitrogens is 6. The van der Waals surface area contributed by atoms with Crippen molar-refractivity contribution in [3.05, 3.63) is 42.3 Å². The minimum absolute atomic E-state index is 0.189. The number of rotatable bonds is 6. The molecule has 0 unspecified atom stereocenters. The van der Waals surface area contributed by atoms with E-state index in [1.807, 2.05) is 12.1 Å². The summed E-state index contributed by atoms with van der Waals surface area (Å²) < 4.78 is 11.7. The van der Waals surface area contributed by atoms with Gasteiger partial charge in [-0.3, -0.25) is 0 Å². The molecule has 0 spiro atoms. The second-order valence-corrected chi connectivity index (χ2v) is 5.42. The average molecular weight is 352 g/mol. The maximum Gasteiger partial charge on any atom is 0.259 e. The summed E-state index contributed by atoms with van der Waals surface area (Å²) in [6.45, 7) is 0.614. The monoisotopic (exact) mass is 352 g/mol. The van der Waals surface area contributed by atoms with Crippen molar-refractivity contribution >= 4 is 17.7 Å². The van der Waals surface area contributed by atoms with Gasteiger partial charge in [-0.2, -0.15) is 19.5 Å². The fraction of sp³-hybridized carbons (Fsp3) is 0.188. The number of nitrogens with zero attached hydrogens (tertiary/aromatic N) is 6. The van der Waals surface area contributed by atoms with Gasteiger partial charge in [0, 0.05) is 18.8 Å². The van der Waals surface area contributed by atoms with E-state index in [1.165, 1.54) is 4.52 Å². The van der Waals surface area contributed by atoms with Crippen molar-refractivity contribution < 1.29 is 9.15 Å². The zero-order valence-corrected chi connectivity index (χ0v) is 14.0. The van der Waals surface area contributed by atoms with Gasteiger partial charge in [0.1, 0.15) is 0 Å². The number of fused-ring (bicyclic) bond motifs is 1. The molecule has 0 atom stereocenters. The van der Waals surface area contributed by atoms with Crippen LogP contribution in [0.3, 0.4) is 0 Å². The number of anilines is 2. The standard InChI is InChI=1S/C16H16N8O2/c1-25-12-5-4-10(9-19-12)6-7-18-15-21-14(17)24-16(22-15)20-13(23-24)11-3-2-8-26-11/h2-5,8-9H,6-7H2,1H3,(H3,17,18,20,21,22,23). The predicted molar refractivity (Wildman–Crippen MR) is 93.7 cm³/mol. The normalized spacial score (nSPS) is 11.0. The fourth-order valence-electron chi connectivity index (χ4n) is 2.39. The predicted octanol–water partition coefficient (Wildman–Crippen LogP) is 1.42. The van der Waals surface area contributed by atoms with Crippen LogP contribution in [0.1, 0.15) is 5.56 Å². The van der Waals surface area contributed by atoms with E-state index in [2.05, 4.69) is 30.4 Å². The van der Waals surface area contributed by atoms with Crippen molar-refractivity contribution in [1.29, 1.82) is 0 Å². The minimum atomic E-state index is 0.189. The highest BCUT2D eigenvalue weighted by atomic mass is 16.5. The van der Waals surface area contributed by atoms with Gasteiger partial charge in [-0.25, -0.2) is 4.98 Å². The summed E-state index contributed by atoms with van der Waals surface area (Å²) >= 11 is 0. The molecule has 0 aliphatic heterocycles. The third kappa shape index (κ3) is 3.11. The van der Waals surface area contributed by atoms with Gasteiger partial charge in [0.05, 0.1) is 13.4 Å². The number of nitrogen functional groups attached to an aromatic ring is 1. The van der Waals surface area contributed by atoms with Gasteiger partial charge in [0.15, 0.2) is 5.76 Å². The summed E-state index contributed by atoms with van der Waals surface area (Å²) in [6.07, 6.45) is 4.07. The van der Waals surface area contributed by atoms with Crippen molar-refractivity contribution in [3.63, 3.8) is 0 Å². The lowest BCUT2D eigenvalue weighted by molar-refractivity contribution is 0.397. The first-order valence-corrected chi connectivity index (χ1v) is 7.90. The van der Waals surface area contributed by atoms with Gasteiger partial charge in [0.2, 0.25) is 23.6 Å². The summed E-state index contributed by atoms with van der Waals surface area (Å²) in [6, 6.07) is 7.31. The topological polar surface area (TPSA) is 129 Å². The Labute approximate surface area is 148 Å². The number of nitrogens with two attached hydrogens (primary N) is 1. The lowest BCUT2D eigenvalue weighted by atomic mass is 10.2. The smallest absolute Gasteiger partial charge is 0.259 e. The van der Waals surface area contributed by atoms with Gasteiger partial charge in [0.25, 0.3) is 5.78 Å². The van der Waals surface area contributed by atoms with Crippen molar-refractivity contribution in [2.45, 2.75) is 6.42 Å². The molecule has 4 aromatic rings. The van der Waals surface area contributed by atoms with E-state index in [4.69, 9.17) is 14.9 Å². The summed E-state index contributed by atoms with van der Waals surface area (Å²) in [5, 5.41) is 7.39. The molecular formula is C16H16N8O2. The van der Waals surface area contributed by atoms with Crippen LogP contribution in [0.2, 0.25) is 0 Å². The number of hydrogen-bond donors (Lipinski definition) is 2. The number of furan rings is 1. The third-order valence-corrected chi connectivity index (χ3v) is 3.68. The van der Waals surface area contributed by atoms with Crippen LogP contribution in [-0.4, -0.2) is 43.2 Å². The molecule has 132 valence electrons. The lowest BCUT2D eigenvalue weighted by Gasteiger charge is -2.06. The Morgan fingerprint density at radius 2 is 2.15 bits per heavy atom. The Kier molecular flexibility index (Phi) is 4.06. The zero-order valence-electron chi connectivity index (χ0n) is 14.0. The van der Waals surface area contributed by atoms with Crippen molar-refractivity contribution in [3.8, 4) is 17.5 Å². The highest BCUT2D eigenvalue weighted by Crippen LogP contribution is 2.17. The van der Waals surface area contributed by atoms with Gasteiger partial charge >= 0.3 is 0 Å². The molecule has 10 nitrogen and oxygen atoms in total. The summed E-state index contributed by atoms with van der Waals surface area (Å²) in [7, 11) is 1.59. The van der Waals surface area contributed by atoms with E-state index >= 15 is 0 Å². The Hall–Kier alpha value is -3.69. The fourth-order valence-corrected chi connectivity index (χ4v) is 2.39. The molecule has 0 aliphatic carbocycles. The molecule has 0 saturated heterocycles. The van der Waals surface area contributed by atoms with Crippen LogP contribution in [0.5, 0.6) is 5.88 Å². The van der Waals surface area contributed by atoms with Gasteiger partial charge in [-0.05, 0) is 24.1 Å². The molecule has 0 aliphatic rings. The van der Waals surface area contributed by atoms with E-state index in [0.717, 1.165) is 12.0 Å². The van der Waals surface area contributed by atoms with Gasteiger partial charge < -0.3 is 20.2 Å². The first-order chi connectivity index (χ1) is 12.7. The number of hydrogen-bond acceptors (Lipinski definition) is 9. The van der Waals surface area contributed by atoms with Crippen molar-refractivity contribution in [1.82, 2.24) is 29.5 Å². The Bertz CT molecular complexity index is 1010. The molecule has 4 rings (SSSR count). The van der Waals surface area contributed by atoms with Crippen LogP contribution in [0.15, 0.2) is 41.1 Å². The van der Waals surface area contributed by atoms with E-state index in [9.17, 15) is 0 Å². The molecule has 0 fully saturated rings. The van der Waals surface area contributed by atoms with Crippen LogP contribution in [0.25, 0.3) is 17.4 Å². The molecule has 4 aromatic heterocycles. The lowest BCUT2D eigenvalue weighted by Crippen LogP contribution is -2.12. The molecule has 10 heteroatoms. The summed E-state index contributed by atoms with van der Waals surface area (Å²) in [5.41, 5.74) is 7.02. The molecule has 0 aromatic carbocycles. The Balaban J connectivity index is 1.48. The number of pyridine rings is 1. The van der Waals surface area contributed by atoms with Crippen LogP contribution in [0, 0.1) is 0 Å². The van der Waals surface area contributed by atoms with Gasteiger partial charge in [-0.1, -0.05) is 6.07 Å². The maximum atomic E-state index is 5.95. The molecule has 3 N–H and O–H groups in total. The summed E-state index contributed by atoms with van der Waals surface area (Å²) in [4.78, 5) is 17.0. The summed E-state index contributed by atoms with van der Waals surface area (Å²) in [5.74, 6) is 2.44. The first kappa shape index (κ1) is 15.8.